The molecule has 0 saturated carbocycles. The van der Waals surface area contributed by atoms with Gasteiger partial charge in [-0.15, -0.1) is 0 Å². The first-order valence-electron chi connectivity index (χ1n) is 0. The summed E-state index contributed by atoms with van der Waals surface area (Å²) < 4.78 is 0. The molecule has 0 heterocycles. The SMILES string of the molecule is N.P.[B].[Cu].[PbH2]. The Balaban J connectivity index is 0. The van der Waals surface area contributed by atoms with Crippen molar-refractivity contribution in [3.05, 3.63) is 0 Å². The summed E-state index contributed by atoms with van der Waals surface area (Å²) in [5.74, 6) is 0. The molecule has 0 bridgehead atoms. The van der Waals surface area contributed by atoms with Crippen molar-refractivity contribution in [2.24, 2.45) is 0 Å². The van der Waals surface area contributed by atoms with Crippen LogP contribution in [0.3, 0.4) is 0 Å². The molecule has 0 aromatic rings. The fourth-order valence-corrected chi connectivity index (χ4v) is 0. The first-order chi connectivity index (χ1) is 0. The first-order valence-corrected chi connectivity index (χ1v) is 0. The van der Waals surface area contributed by atoms with Crippen molar-refractivity contribution in [1.82, 2.24) is 6.15 Å². The van der Waals surface area contributed by atoms with Gasteiger partial charge in [-0.2, -0.15) is 9.90 Å². The summed E-state index contributed by atoms with van der Waals surface area (Å²) in [6, 6.07) is 0. The van der Waals surface area contributed by atoms with Gasteiger partial charge in [0.25, 0.3) is 0 Å². The fourth-order valence-electron chi connectivity index (χ4n) is 0. The Morgan fingerprint density at radius 1 is 1.00 bits per heavy atom. The van der Waals surface area contributed by atoms with Gasteiger partial charge in [-0.05, 0) is 0 Å². The summed E-state index contributed by atoms with van der Waals surface area (Å²) in [6.07, 6.45) is 0. The van der Waals surface area contributed by atoms with Crippen LogP contribution in [0.1, 0.15) is 0 Å². The van der Waals surface area contributed by atoms with Gasteiger partial charge in [-0.25, -0.2) is 0 Å². The molecule has 0 aliphatic carbocycles. The Labute approximate surface area is 68.5 Å². The van der Waals surface area contributed by atoms with E-state index in [-0.39, 0.29) is 68.8 Å². The van der Waals surface area contributed by atoms with Crippen LogP contribution in [0, 0.1) is 0 Å². The minimum atomic E-state index is 0. The molecule has 6 radical (unpaired) electrons. The maximum absolute atomic E-state index is 0. The van der Waals surface area contributed by atoms with E-state index >= 15 is 0 Å². The third-order valence-corrected chi connectivity index (χ3v) is 0. The van der Waals surface area contributed by atoms with Crippen LogP contribution in [0.4, 0.5) is 0 Å². The summed E-state index contributed by atoms with van der Waals surface area (Å²) in [4.78, 5) is 0. The van der Waals surface area contributed by atoms with E-state index in [1.165, 1.54) is 0 Å². The molecule has 5 heavy (non-hydrogen) atoms. The van der Waals surface area contributed by atoms with Gasteiger partial charge in [0.1, 0.15) is 0 Å². The molecule has 0 aromatic carbocycles. The van der Waals surface area contributed by atoms with E-state index in [9.17, 15) is 0 Å². The van der Waals surface area contributed by atoms with Gasteiger partial charge in [0.2, 0.25) is 0 Å². The molecule has 0 fully saturated rings. The summed E-state index contributed by atoms with van der Waals surface area (Å²) in [6.45, 7) is 0. The quantitative estimate of drug-likeness (QED) is 0.444. The van der Waals surface area contributed by atoms with Crippen molar-refractivity contribution in [1.29, 1.82) is 0 Å². The van der Waals surface area contributed by atoms with Crippen LogP contribution < -0.4 is 6.15 Å². The summed E-state index contributed by atoms with van der Waals surface area (Å²) in [7, 11) is 0. The zero-order valence-electron chi connectivity index (χ0n) is 3.00. The van der Waals surface area contributed by atoms with Crippen LogP contribution in [-0.4, -0.2) is 35.7 Å². The second-order valence-electron chi connectivity index (χ2n) is 0. The van der Waals surface area contributed by atoms with Crippen LogP contribution >= 0.6 is 9.90 Å². The first kappa shape index (κ1) is 66.7. The summed E-state index contributed by atoms with van der Waals surface area (Å²) in [5.41, 5.74) is 0. The molecule has 36 valence electrons. The molecular formula is H8BCuNPPb. The Hall–Kier alpha value is 1.90. The Morgan fingerprint density at radius 3 is 1.00 bits per heavy atom. The van der Waals surface area contributed by atoms with Gasteiger partial charge in [-0.1, -0.05) is 0 Å². The van der Waals surface area contributed by atoms with Crippen LogP contribution in [0.5, 0.6) is 0 Å². The third-order valence-electron chi connectivity index (χ3n) is 0. The average molecular weight is 335 g/mol. The molecule has 0 amide bonds. The molecule has 1 unspecified atom stereocenters. The van der Waals surface area contributed by atoms with Crippen LogP contribution in [0.2, 0.25) is 0 Å². The molecule has 0 aliphatic rings. The molecule has 1 atom stereocenters. The molecule has 0 aliphatic heterocycles. The van der Waals surface area contributed by atoms with Gasteiger partial charge in [-0.3, -0.25) is 0 Å². The van der Waals surface area contributed by atoms with Crippen molar-refractivity contribution < 1.29 is 17.1 Å². The van der Waals surface area contributed by atoms with Crippen molar-refractivity contribution in [2.45, 2.75) is 0 Å². The van der Waals surface area contributed by atoms with Crippen LogP contribution in [0.25, 0.3) is 0 Å². The average Bonchev–Trinajstić information content (AvgIpc) is 0. The van der Waals surface area contributed by atoms with E-state index in [4.69, 9.17) is 0 Å². The van der Waals surface area contributed by atoms with Gasteiger partial charge in [0.05, 0.1) is 0 Å². The maximum atomic E-state index is 0. The molecule has 0 aromatic heterocycles. The van der Waals surface area contributed by atoms with Crippen molar-refractivity contribution in [3.8, 4) is 0 Å². The van der Waals surface area contributed by atoms with Gasteiger partial charge in [0, 0.05) is 25.5 Å². The zero-order valence-corrected chi connectivity index (χ0v) is 10.9. The Kier molecular flexibility index (Phi) is 524. The van der Waals surface area contributed by atoms with Gasteiger partial charge < -0.3 is 6.15 Å². The van der Waals surface area contributed by atoms with E-state index < -0.39 is 0 Å². The molecular weight excluding hydrogens is 327 g/mol. The molecule has 0 saturated heterocycles. The normalized spacial score (nSPS) is 0. The predicted molar refractivity (Wildman–Crippen MR) is 30.4 cm³/mol. The Bertz CT molecular complexity index is 11.6. The monoisotopic (exact) mass is 335 g/mol. The van der Waals surface area contributed by atoms with E-state index in [1.807, 2.05) is 0 Å². The van der Waals surface area contributed by atoms with E-state index in [2.05, 4.69) is 0 Å². The number of hydrogen-bond acceptors (Lipinski definition) is 1. The van der Waals surface area contributed by atoms with Crippen LogP contribution in [-0.2, 0) is 17.1 Å². The number of rotatable bonds is 0. The Morgan fingerprint density at radius 2 is 1.00 bits per heavy atom. The van der Waals surface area contributed by atoms with E-state index in [0.717, 1.165) is 0 Å². The summed E-state index contributed by atoms with van der Waals surface area (Å²) in [5, 5.41) is 0. The molecule has 5 heteroatoms. The van der Waals surface area contributed by atoms with Crippen LogP contribution in [0.15, 0.2) is 0 Å². The van der Waals surface area contributed by atoms with Crippen molar-refractivity contribution in [2.75, 3.05) is 0 Å². The molecule has 0 spiro atoms. The van der Waals surface area contributed by atoms with E-state index in [0.29, 0.717) is 0 Å². The fraction of sp³-hybridized carbons (Fsp3) is 0. The minimum absolute atomic E-state index is 0. The van der Waals surface area contributed by atoms with Gasteiger partial charge in [0.15, 0.2) is 0 Å². The van der Waals surface area contributed by atoms with Crippen molar-refractivity contribution >= 4 is 45.6 Å². The number of hydrogen-bond donors (Lipinski definition) is 1. The predicted octanol–water partition coefficient (Wildman–Crippen LogP) is -1.08. The second-order valence-corrected chi connectivity index (χ2v) is 0. The van der Waals surface area contributed by atoms with E-state index in [1.54, 1.807) is 0 Å². The molecule has 0 rings (SSSR count). The topological polar surface area (TPSA) is 35.0 Å². The summed E-state index contributed by atoms with van der Waals surface area (Å²) >= 11 is 0. The molecule has 3 N–H and O–H groups in total. The molecule has 1 nitrogen and oxygen atoms in total. The second kappa shape index (κ2) is 39.3. The van der Waals surface area contributed by atoms with Crippen molar-refractivity contribution in [3.63, 3.8) is 0 Å². The third kappa shape index (κ3) is 24.9. The zero-order chi connectivity index (χ0) is 0. The van der Waals surface area contributed by atoms with Gasteiger partial charge >= 0.3 is 27.3 Å². The standard InChI is InChI=1S/B.Cu.H3N.H3P.Pb.2H/h;;2*1H3;;;.